The number of rotatable bonds is 0. The summed E-state index contributed by atoms with van der Waals surface area (Å²) in [6.07, 6.45) is 7.46. The van der Waals surface area contributed by atoms with Crippen molar-refractivity contribution in [2.45, 2.75) is 45.4 Å². The van der Waals surface area contributed by atoms with E-state index in [-0.39, 0.29) is 0 Å². The van der Waals surface area contributed by atoms with Crippen molar-refractivity contribution in [2.24, 2.45) is 23.2 Å². The Kier molecular flexibility index (Phi) is 1.46. The highest BCUT2D eigenvalue weighted by Crippen LogP contribution is 2.56. The molecule has 13 heavy (non-hydrogen) atoms. The Morgan fingerprint density at radius 2 is 1.92 bits per heavy atom. The standard InChI is InChI=1S/C12H18O/c1-12-5-8-2-9(6-12)4-11(13)10(3-8)7-12/h8-10H,2-7H2,1H3. The van der Waals surface area contributed by atoms with Crippen LogP contribution in [-0.2, 0) is 4.79 Å². The summed E-state index contributed by atoms with van der Waals surface area (Å²) in [6.45, 7) is 2.41. The minimum absolute atomic E-state index is 0.455. The van der Waals surface area contributed by atoms with Crippen molar-refractivity contribution in [3.05, 3.63) is 0 Å². The first-order valence-electron chi connectivity index (χ1n) is 5.67. The third kappa shape index (κ3) is 1.16. The zero-order valence-electron chi connectivity index (χ0n) is 8.38. The van der Waals surface area contributed by atoms with E-state index < -0.39 is 0 Å². The summed E-state index contributed by atoms with van der Waals surface area (Å²) in [4.78, 5) is 11.8. The first-order valence-corrected chi connectivity index (χ1v) is 5.67. The smallest absolute Gasteiger partial charge is 0.136 e. The van der Waals surface area contributed by atoms with Crippen molar-refractivity contribution >= 4 is 5.78 Å². The average Bonchev–Trinajstić information content (AvgIpc) is 2.12. The first kappa shape index (κ1) is 8.02. The van der Waals surface area contributed by atoms with Gasteiger partial charge in [0.05, 0.1) is 0 Å². The van der Waals surface area contributed by atoms with Crippen LogP contribution in [0.5, 0.6) is 0 Å². The fraction of sp³-hybridized carbons (Fsp3) is 0.917. The van der Waals surface area contributed by atoms with Gasteiger partial charge in [-0.15, -0.1) is 0 Å². The molecule has 0 aliphatic heterocycles. The molecule has 4 rings (SSSR count). The van der Waals surface area contributed by atoms with Crippen LogP contribution in [0.25, 0.3) is 0 Å². The zero-order valence-corrected chi connectivity index (χ0v) is 8.38. The molecule has 72 valence electrons. The molecule has 0 N–H and O–H groups in total. The van der Waals surface area contributed by atoms with Gasteiger partial charge < -0.3 is 0 Å². The summed E-state index contributed by atoms with van der Waals surface area (Å²) in [5.74, 6) is 2.70. The predicted molar refractivity (Wildman–Crippen MR) is 51.3 cm³/mol. The summed E-state index contributed by atoms with van der Waals surface area (Å²) in [5, 5.41) is 0. The number of carbonyl (C=O) groups is 1. The lowest BCUT2D eigenvalue weighted by atomic mass is 9.59. The fourth-order valence-corrected chi connectivity index (χ4v) is 4.39. The van der Waals surface area contributed by atoms with Crippen molar-refractivity contribution in [3.8, 4) is 0 Å². The Morgan fingerprint density at radius 3 is 2.69 bits per heavy atom. The zero-order chi connectivity index (χ0) is 9.05. The first-order chi connectivity index (χ1) is 6.15. The summed E-state index contributed by atoms with van der Waals surface area (Å²) in [5.41, 5.74) is 0.544. The molecule has 4 bridgehead atoms. The molecule has 4 fully saturated rings. The normalized spacial score (nSPS) is 53.9. The van der Waals surface area contributed by atoms with Crippen LogP contribution >= 0.6 is 0 Å². The van der Waals surface area contributed by atoms with Crippen molar-refractivity contribution < 1.29 is 4.79 Å². The Balaban J connectivity index is 2.00. The molecule has 4 saturated carbocycles. The number of carbonyl (C=O) groups excluding carboxylic acids is 1. The van der Waals surface area contributed by atoms with E-state index >= 15 is 0 Å². The average molecular weight is 178 g/mol. The second-order valence-corrected chi connectivity index (χ2v) is 5.99. The number of hydrogen-bond acceptors (Lipinski definition) is 1. The van der Waals surface area contributed by atoms with Gasteiger partial charge in [0, 0.05) is 12.3 Å². The Morgan fingerprint density at radius 1 is 1.15 bits per heavy atom. The molecule has 0 radical (unpaired) electrons. The summed E-state index contributed by atoms with van der Waals surface area (Å²) in [6, 6.07) is 0. The van der Waals surface area contributed by atoms with Crippen LogP contribution in [0.1, 0.15) is 45.4 Å². The number of fused-ring (bicyclic) bond motifs is 1. The van der Waals surface area contributed by atoms with Crippen molar-refractivity contribution in [1.29, 1.82) is 0 Å². The molecule has 0 amide bonds. The maximum Gasteiger partial charge on any atom is 0.136 e. The maximum absolute atomic E-state index is 11.8. The van der Waals surface area contributed by atoms with Crippen molar-refractivity contribution in [2.75, 3.05) is 0 Å². The highest BCUT2D eigenvalue weighted by molar-refractivity contribution is 5.82. The molecule has 0 saturated heterocycles. The van der Waals surface area contributed by atoms with Crippen LogP contribution < -0.4 is 0 Å². The molecule has 0 spiro atoms. The topological polar surface area (TPSA) is 17.1 Å². The van der Waals surface area contributed by atoms with E-state index in [1.54, 1.807) is 0 Å². The quantitative estimate of drug-likeness (QED) is 0.557. The van der Waals surface area contributed by atoms with E-state index in [1.165, 1.54) is 32.1 Å². The van der Waals surface area contributed by atoms with Gasteiger partial charge in [-0.25, -0.2) is 0 Å². The van der Waals surface area contributed by atoms with Crippen LogP contribution in [0, 0.1) is 23.2 Å². The largest absolute Gasteiger partial charge is 0.299 e. The molecule has 0 aromatic rings. The van der Waals surface area contributed by atoms with Gasteiger partial charge in [0.2, 0.25) is 0 Å². The number of hydrogen-bond donors (Lipinski definition) is 0. The highest BCUT2D eigenvalue weighted by atomic mass is 16.1. The van der Waals surface area contributed by atoms with Gasteiger partial charge in [0.15, 0.2) is 0 Å². The van der Waals surface area contributed by atoms with Crippen LogP contribution in [0.3, 0.4) is 0 Å². The second kappa shape index (κ2) is 2.37. The molecule has 0 aromatic carbocycles. The van der Waals surface area contributed by atoms with Gasteiger partial charge in [-0.05, 0) is 49.4 Å². The van der Waals surface area contributed by atoms with Crippen LogP contribution in [0.4, 0.5) is 0 Å². The van der Waals surface area contributed by atoms with Gasteiger partial charge in [0.1, 0.15) is 5.78 Å². The molecular weight excluding hydrogens is 160 g/mol. The van der Waals surface area contributed by atoms with E-state index in [1.807, 2.05) is 0 Å². The van der Waals surface area contributed by atoms with Crippen molar-refractivity contribution in [3.63, 3.8) is 0 Å². The van der Waals surface area contributed by atoms with E-state index in [0.29, 0.717) is 17.1 Å². The molecular formula is C12H18O. The summed E-state index contributed by atoms with van der Waals surface area (Å²) in [7, 11) is 0. The minimum atomic E-state index is 0.455. The van der Waals surface area contributed by atoms with E-state index in [0.717, 1.165) is 18.3 Å². The van der Waals surface area contributed by atoms with Crippen LogP contribution in [-0.4, -0.2) is 5.78 Å². The molecule has 0 heterocycles. The monoisotopic (exact) mass is 178 g/mol. The summed E-state index contributed by atoms with van der Waals surface area (Å²) >= 11 is 0. The lowest BCUT2D eigenvalue weighted by molar-refractivity contribution is -0.124. The minimum Gasteiger partial charge on any atom is -0.299 e. The Labute approximate surface area is 79.9 Å². The number of Topliss-reactive ketones (excluding diaryl/α,β-unsaturated/α-hetero) is 1. The Hall–Kier alpha value is -0.330. The van der Waals surface area contributed by atoms with Crippen LogP contribution in [0.15, 0.2) is 0 Å². The molecule has 1 heteroatoms. The van der Waals surface area contributed by atoms with Gasteiger partial charge in [-0.1, -0.05) is 6.92 Å². The van der Waals surface area contributed by atoms with Crippen LogP contribution in [0.2, 0.25) is 0 Å². The molecule has 0 aromatic heterocycles. The lowest BCUT2D eigenvalue weighted by Gasteiger charge is -2.45. The third-order valence-electron chi connectivity index (χ3n) is 4.53. The Bertz CT molecular complexity index is 258. The van der Waals surface area contributed by atoms with E-state index in [4.69, 9.17) is 0 Å². The predicted octanol–water partition coefficient (Wildman–Crippen LogP) is 2.79. The lowest BCUT2D eigenvalue weighted by Crippen LogP contribution is -2.35. The molecule has 4 unspecified atom stereocenters. The van der Waals surface area contributed by atoms with Gasteiger partial charge in [-0.2, -0.15) is 0 Å². The highest BCUT2D eigenvalue weighted by Gasteiger charge is 2.48. The van der Waals surface area contributed by atoms with E-state index in [9.17, 15) is 4.79 Å². The fourth-order valence-electron chi connectivity index (χ4n) is 4.39. The van der Waals surface area contributed by atoms with Gasteiger partial charge in [-0.3, -0.25) is 4.79 Å². The van der Waals surface area contributed by atoms with E-state index in [2.05, 4.69) is 6.92 Å². The molecule has 4 atom stereocenters. The third-order valence-corrected chi connectivity index (χ3v) is 4.53. The number of ketones is 1. The van der Waals surface area contributed by atoms with Gasteiger partial charge in [0.25, 0.3) is 0 Å². The van der Waals surface area contributed by atoms with Crippen molar-refractivity contribution in [1.82, 2.24) is 0 Å². The SMILES string of the molecule is CC12CC3CC(=O)C(CC(C3)C1)C2. The van der Waals surface area contributed by atoms with Gasteiger partial charge >= 0.3 is 0 Å². The molecule has 4 aliphatic carbocycles. The second-order valence-electron chi connectivity index (χ2n) is 5.99. The molecule has 1 nitrogen and oxygen atoms in total. The maximum atomic E-state index is 11.8. The summed E-state index contributed by atoms with van der Waals surface area (Å²) < 4.78 is 0. The molecule has 4 aliphatic rings.